The fraction of sp³-hybridized carbons (Fsp3) is 0.667. The molecule has 1 fully saturated rings. The first-order valence-corrected chi connectivity index (χ1v) is 10.3. The van der Waals surface area contributed by atoms with Gasteiger partial charge < -0.3 is 9.64 Å². The Balaban J connectivity index is 1.73. The van der Waals surface area contributed by atoms with Crippen LogP contribution in [-0.4, -0.2) is 65.0 Å². The lowest BCUT2D eigenvalue weighted by Gasteiger charge is -2.40. The van der Waals surface area contributed by atoms with Crippen LogP contribution in [0.4, 0.5) is 5.69 Å². The first kappa shape index (κ1) is 20.7. The largest absolute Gasteiger partial charge is 0.383 e. The molecule has 1 aliphatic rings. The van der Waals surface area contributed by atoms with E-state index in [2.05, 4.69) is 71.2 Å². The topological polar surface area (TPSA) is 59.3 Å². The summed E-state index contributed by atoms with van der Waals surface area (Å²) in [5, 5.41) is 12.5. The molecule has 1 aliphatic heterocycles. The second-order valence-electron chi connectivity index (χ2n) is 8.14. The van der Waals surface area contributed by atoms with E-state index in [0.29, 0.717) is 19.1 Å². The lowest BCUT2D eigenvalue weighted by molar-refractivity contribution is 0.145. The van der Waals surface area contributed by atoms with Crippen molar-refractivity contribution < 1.29 is 4.74 Å². The van der Waals surface area contributed by atoms with E-state index < -0.39 is 0 Å². The Morgan fingerprint density at radius 1 is 1.11 bits per heavy atom. The molecule has 1 unspecified atom stereocenters. The fourth-order valence-electron chi connectivity index (χ4n) is 4.00. The van der Waals surface area contributed by atoms with Gasteiger partial charge in [0.2, 0.25) is 0 Å². The highest BCUT2D eigenvalue weighted by Gasteiger charge is 2.30. The summed E-state index contributed by atoms with van der Waals surface area (Å²) in [6, 6.07) is 6.84. The Kier molecular flexibility index (Phi) is 7.02. The highest BCUT2D eigenvalue weighted by molar-refractivity contribution is 5.56. The Hall–Kier alpha value is -1.99. The van der Waals surface area contributed by atoms with Crippen molar-refractivity contribution in [1.29, 1.82) is 0 Å². The first-order chi connectivity index (χ1) is 13.5. The summed E-state index contributed by atoms with van der Waals surface area (Å²) >= 11 is 0. The molecule has 3 rings (SSSR count). The molecule has 1 aromatic carbocycles. The molecule has 28 heavy (non-hydrogen) atoms. The number of methoxy groups -OCH3 is 1. The van der Waals surface area contributed by atoms with Gasteiger partial charge in [-0.15, -0.1) is 5.10 Å². The van der Waals surface area contributed by atoms with Crippen molar-refractivity contribution in [2.24, 2.45) is 5.92 Å². The van der Waals surface area contributed by atoms with Crippen LogP contribution in [0, 0.1) is 19.8 Å². The minimum Gasteiger partial charge on any atom is -0.383 e. The molecule has 0 saturated carbocycles. The van der Waals surface area contributed by atoms with Gasteiger partial charge in [0.05, 0.1) is 19.2 Å². The summed E-state index contributed by atoms with van der Waals surface area (Å²) in [7, 11) is 1.71. The molecule has 0 amide bonds. The number of piperazine rings is 1. The highest BCUT2D eigenvalue weighted by Crippen LogP contribution is 2.29. The number of aromatic nitrogens is 4. The zero-order chi connectivity index (χ0) is 20.1. The average molecular weight is 387 g/mol. The molecule has 0 aliphatic carbocycles. The predicted molar refractivity (Wildman–Crippen MR) is 112 cm³/mol. The number of ether oxygens (including phenoxy) is 1. The van der Waals surface area contributed by atoms with E-state index in [1.54, 1.807) is 7.11 Å². The zero-order valence-electron chi connectivity index (χ0n) is 17.9. The second-order valence-corrected chi connectivity index (χ2v) is 8.14. The van der Waals surface area contributed by atoms with Crippen molar-refractivity contribution in [2.45, 2.75) is 46.7 Å². The van der Waals surface area contributed by atoms with Gasteiger partial charge in [0, 0.05) is 39.0 Å². The monoisotopic (exact) mass is 386 g/mol. The molecule has 0 spiro atoms. The van der Waals surface area contributed by atoms with Crippen molar-refractivity contribution in [1.82, 2.24) is 25.1 Å². The van der Waals surface area contributed by atoms with Crippen LogP contribution >= 0.6 is 0 Å². The molecular weight excluding hydrogens is 352 g/mol. The standard InChI is InChI=1S/C21H34N6O/c1-16(2)15-20(21-22-23-24-27(21)13-14-28-5)26-11-9-25(10-12-26)19-8-6-7-17(3)18(19)4/h6-8,16,20H,9-15H2,1-5H3. The van der Waals surface area contributed by atoms with Gasteiger partial charge in [-0.2, -0.15) is 0 Å². The Bertz CT molecular complexity index is 751. The number of aryl methyl sites for hydroxylation is 1. The van der Waals surface area contributed by atoms with Crippen LogP contribution in [0.1, 0.15) is 43.3 Å². The van der Waals surface area contributed by atoms with Gasteiger partial charge in [-0.1, -0.05) is 26.0 Å². The summed E-state index contributed by atoms with van der Waals surface area (Å²) in [5.41, 5.74) is 4.11. The van der Waals surface area contributed by atoms with Crippen LogP contribution in [0.5, 0.6) is 0 Å². The predicted octanol–water partition coefficient (Wildman–Crippen LogP) is 2.85. The maximum atomic E-state index is 5.22. The molecule has 1 aromatic heterocycles. The Morgan fingerprint density at radius 2 is 1.86 bits per heavy atom. The maximum absolute atomic E-state index is 5.22. The summed E-state index contributed by atoms with van der Waals surface area (Å²) in [5.74, 6) is 1.54. The van der Waals surface area contributed by atoms with E-state index in [4.69, 9.17) is 4.74 Å². The number of benzene rings is 1. The lowest BCUT2D eigenvalue weighted by Crippen LogP contribution is -2.48. The van der Waals surface area contributed by atoms with E-state index in [-0.39, 0.29) is 6.04 Å². The van der Waals surface area contributed by atoms with Gasteiger partial charge in [0.1, 0.15) is 0 Å². The Labute approximate surface area is 168 Å². The molecule has 1 saturated heterocycles. The summed E-state index contributed by atoms with van der Waals surface area (Å²) < 4.78 is 7.13. The van der Waals surface area contributed by atoms with Crippen molar-refractivity contribution in [3.63, 3.8) is 0 Å². The molecule has 7 heteroatoms. The van der Waals surface area contributed by atoms with E-state index >= 15 is 0 Å². The Morgan fingerprint density at radius 3 is 2.54 bits per heavy atom. The van der Waals surface area contributed by atoms with Gasteiger partial charge in [0.15, 0.2) is 5.82 Å². The molecular formula is C21H34N6O. The quantitative estimate of drug-likeness (QED) is 0.695. The average Bonchev–Trinajstić information content (AvgIpc) is 3.15. The second kappa shape index (κ2) is 9.47. The van der Waals surface area contributed by atoms with Gasteiger partial charge in [0.25, 0.3) is 0 Å². The van der Waals surface area contributed by atoms with Gasteiger partial charge in [-0.05, 0) is 53.8 Å². The number of anilines is 1. The number of tetrazole rings is 1. The molecule has 2 aromatic rings. The summed E-state index contributed by atoms with van der Waals surface area (Å²) in [6.45, 7) is 14.3. The molecule has 7 nitrogen and oxygen atoms in total. The summed E-state index contributed by atoms with van der Waals surface area (Å²) in [4.78, 5) is 5.07. The normalized spacial score (nSPS) is 16.7. The first-order valence-electron chi connectivity index (χ1n) is 10.3. The minimum absolute atomic E-state index is 0.243. The number of hydrogen-bond acceptors (Lipinski definition) is 6. The maximum Gasteiger partial charge on any atom is 0.168 e. The number of hydrogen-bond donors (Lipinski definition) is 0. The SMILES string of the molecule is COCCn1nnnc1C(CC(C)C)N1CCN(c2cccc(C)c2C)CC1. The van der Waals surface area contributed by atoms with Crippen LogP contribution < -0.4 is 4.90 Å². The third-order valence-corrected chi connectivity index (χ3v) is 5.73. The number of nitrogens with zero attached hydrogens (tertiary/aromatic N) is 6. The van der Waals surface area contributed by atoms with E-state index in [0.717, 1.165) is 38.4 Å². The molecule has 154 valence electrons. The molecule has 0 radical (unpaired) electrons. The molecule has 1 atom stereocenters. The van der Waals surface area contributed by atoms with Crippen LogP contribution in [0.3, 0.4) is 0 Å². The van der Waals surface area contributed by atoms with Crippen LogP contribution in [0.15, 0.2) is 18.2 Å². The lowest BCUT2D eigenvalue weighted by atomic mass is 10.0. The molecule has 0 bridgehead atoms. The zero-order valence-corrected chi connectivity index (χ0v) is 17.9. The van der Waals surface area contributed by atoms with E-state index in [1.807, 2.05) is 4.68 Å². The smallest absolute Gasteiger partial charge is 0.168 e. The van der Waals surface area contributed by atoms with Gasteiger partial charge in [-0.3, -0.25) is 4.90 Å². The van der Waals surface area contributed by atoms with Gasteiger partial charge >= 0.3 is 0 Å². The van der Waals surface area contributed by atoms with E-state index in [9.17, 15) is 0 Å². The van der Waals surface area contributed by atoms with Crippen LogP contribution in [-0.2, 0) is 11.3 Å². The third-order valence-electron chi connectivity index (χ3n) is 5.73. The molecule has 0 N–H and O–H groups in total. The summed E-state index contributed by atoms with van der Waals surface area (Å²) in [6.07, 6.45) is 1.05. The fourth-order valence-corrected chi connectivity index (χ4v) is 4.00. The highest BCUT2D eigenvalue weighted by atomic mass is 16.5. The van der Waals surface area contributed by atoms with Gasteiger partial charge in [-0.25, -0.2) is 4.68 Å². The van der Waals surface area contributed by atoms with E-state index in [1.165, 1.54) is 16.8 Å². The number of rotatable bonds is 8. The van der Waals surface area contributed by atoms with Crippen LogP contribution in [0.2, 0.25) is 0 Å². The molecule has 2 heterocycles. The van der Waals surface area contributed by atoms with Crippen LogP contribution in [0.25, 0.3) is 0 Å². The minimum atomic E-state index is 0.243. The van der Waals surface area contributed by atoms with Crippen molar-refractivity contribution in [3.05, 3.63) is 35.2 Å². The van der Waals surface area contributed by atoms with Crippen molar-refractivity contribution in [2.75, 3.05) is 44.8 Å². The van der Waals surface area contributed by atoms with Crippen molar-refractivity contribution >= 4 is 5.69 Å². The van der Waals surface area contributed by atoms with Crippen molar-refractivity contribution in [3.8, 4) is 0 Å². The third kappa shape index (κ3) is 4.70.